The average molecular weight is 502 g/mol. The van der Waals surface area contributed by atoms with Crippen LogP contribution in [0, 0.1) is 34.0 Å². The summed E-state index contributed by atoms with van der Waals surface area (Å²) in [6, 6.07) is 3.49. The topological polar surface area (TPSA) is 96.7 Å². The zero-order valence-corrected chi connectivity index (χ0v) is 22.1. The van der Waals surface area contributed by atoms with Crippen LogP contribution in [0.15, 0.2) is 36.0 Å². The Bertz CT molecular complexity index is 999. The molecule has 2 N–H and O–H groups in total. The lowest BCUT2D eigenvalue weighted by atomic mass is 9.44. The van der Waals surface area contributed by atoms with Crippen LogP contribution >= 0.6 is 11.8 Å². The summed E-state index contributed by atoms with van der Waals surface area (Å²) in [6.07, 6.45) is 5.83. The highest BCUT2D eigenvalue weighted by Crippen LogP contribution is 2.68. The molecule has 6 nitrogen and oxygen atoms in total. The predicted molar refractivity (Wildman–Crippen MR) is 136 cm³/mol. The first kappa shape index (κ1) is 26.4. The molecule has 0 saturated heterocycles. The van der Waals surface area contributed by atoms with Gasteiger partial charge < -0.3 is 14.9 Å². The van der Waals surface area contributed by atoms with Crippen molar-refractivity contribution in [1.29, 1.82) is 0 Å². The van der Waals surface area contributed by atoms with E-state index in [4.69, 9.17) is 4.74 Å². The first-order valence-corrected chi connectivity index (χ1v) is 13.7. The summed E-state index contributed by atoms with van der Waals surface area (Å²) in [5.74, 6) is -0.109. The first-order valence-electron chi connectivity index (χ1n) is 12.7. The minimum absolute atomic E-state index is 0.0501. The third-order valence-electron chi connectivity index (χ3n) is 9.90. The Kier molecular flexibility index (Phi) is 7.26. The van der Waals surface area contributed by atoms with E-state index >= 15 is 0 Å². The second-order valence-corrected chi connectivity index (χ2v) is 12.5. The van der Waals surface area contributed by atoms with E-state index in [-0.39, 0.29) is 47.3 Å². The Morgan fingerprint density at radius 1 is 1.34 bits per heavy atom. The standard InChI is InChI=1S/C28H39NO5S/c1-6-26(4)14-21(34-23(32)16-35-22-13-19(15-30)9-12-29-22)27(5)17(2)7-10-28(18(3)25(26)33)11-8-20(31)24(27)28/h6,9,12-13,17-18,21,24-25,30,33H,1,7-8,10-11,14-16H2,2-5H3/t17-,18+,21-,24?,25+,26-,27+,28+/m1/s1. The lowest BCUT2D eigenvalue weighted by molar-refractivity contribution is -0.205. The summed E-state index contributed by atoms with van der Waals surface area (Å²) in [7, 11) is 0. The number of ketones is 1. The van der Waals surface area contributed by atoms with Gasteiger partial charge in [0, 0.05) is 29.4 Å². The maximum Gasteiger partial charge on any atom is 0.316 e. The minimum atomic E-state index is -0.674. The van der Waals surface area contributed by atoms with E-state index in [0.29, 0.717) is 17.9 Å². The van der Waals surface area contributed by atoms with E-state index in [2.05, 4.69) is 32.3 Å². The number of thioether (sulfide) groups is 1. The van der Waals surface area contributed by atoms with Crippen LogP contribution in [-0.2, 0) is 20.9 Å². The van der Waals surface area contributed by atoms with Crippen molar-refractivity contribution in [3.63, 3.8) is 0 Å². The van der Waals surface area contributed by atoms with Gasteiger partial charge in [-0.25, -0.2) is 4.98 Å². The maximum absolute atomic E-state index is 13.4. The molecule has 3 aliphatic carbocycles. The van der Waals surface area contributed by atoms with Gasteiger partial charge in [0.2, 0.25) is 0 Å². The highest BCUT2D eigenvalue weighted by molar-refractivity contribution is 7.99. The van der Waals surface area contributed by atoms with Crippen LogP contribution in [-0.4, -0.2) is 44.9 Å². The molecule has 7 heteroatoms. The largest absolute Gasteiger partial charge is 0.461 e. The third kappa shape index (κ3) is 4.27. The zero-order valence-electron chi connectivity index (χ0n) is 21.3. The summed E-state index contributed by atoms with van der Waals surface area (Å²) in [5, 5.41) is 21.6. The SMILES string of the molecule is C=C[C@]1(C)C[C@@H](OC(=O)CSc2cc(CO)ccn2)[C@@]2(C)C3C(=O)CC[C@@]3(CC[C@H]2C)[C@@H](C)[C@@H]1O. The number of nitrogens with zero attached hydrogens (tertiary/aromatic N) is 1. The quantitative estimate of drug-likeness (QED) is 0.335. The number of aromatic nitrogens is 1. The molecule has 3 aliphatic rings. The number of hydrogen-bond acceptors (Lipinski definition) is 7. The van der Waals surface area contributed by atoms with Gasteiger partial charge in [0.1, 0.15) is 11.9 Å². The molecule has 0 spiro atoms. The molecule has 0 aromatic carbocycles. The molecule has 3 fully saturated rings. The van der Waals surface area contributed by atoms with Gasteiger partial charge in [-0.05, 0) is 60.6 Å². The van der Waals surface area contributed by atoms with Crippen molar-refractivity contribution in [2.24, 2.45) is 34.0 Å². The number of aliphatic hydroxyl groups excluding tert-OH is 2. The third-order valence-corrected chi connectivity index (χ3v) is 10.8. The molecule has 1 aromatic rings. The molecule has 1 aromatic heterocycles. The average Bonchev–Trinajstić information content (AvgIpc) is 3.21. The van der Waals surface area contributed by atoms with Gasteiger partial charge in [0.15, 0.2) is 0 Å². The van der Waals surface area contributed by atoms with Crippen LogP contribution in [0.4, 0.5) is 0 Å². The normalized spacial score (nSPS) is 41.0. The van der Waals surface area contributed by atoms with Gasteiger partial charge in [0.05, 0.1) is 23.5 Å². The highest BCUT2D eigenvalue weighted by Gasteiger charge is 2.68. The van der Waals surface area contributed by atoms with E-state index in [1.54, 1.807) is 18.3 Å². The Labute approximate surface area is 212 Å². The van der Waals surface area contributed by atoms with E-state index in [1.807, 2.05) is 13.0 Å². The summed E-state index contributed by atoms with van der Waals surface area (Å²) in [5.41, 5.74) is -0.701. The fourth-order valence-electron chi connectivity index (χ4n) is 7.45. The molecule has 3 saturated carbocycles. The molecule has 0 amide bonds. The van der Waals surface area contributed by atoms with Gasteiger partial charge in [-0.1, -0.05) is 45.5 Å². The van der Waals surface area contributed by atoms with E-state index < -0.39 is 23.0 Å². The number of hydrogen-bond donors (Lipinski definition) is 2. The van der Waals surface area contributed by atoms with Crippen molar-refractivity contribution in [3.05, 3.63) is 36.5 Å². The van der Waals surface area contributed by atoms with Crippen molar-refractivity contribution >= 4 is 23.5 Å². The Hall–Kier alpha value is -1.70. The molecule has 4 rings (SSSR count). The minimum Gasteiger partial charge on any atom is -0.461 e. The molecule has 0 aliphatic heterocycles. The second kappa shape index (κ2) is 9.64. The molecule has 0 radical (unpaired) electrons. The number of carbonyl (C=O) groups excluding carboxylic acids is 2. The number of Topliss-reactive ketones (excluding diaryl/α,β-unsaturated/α-hetero) is 1. The van der Waals surface area contributed by atoms with Gasteiger partial charge in [-0.3, -0.25) is 9.59 Å². The summed E-state index contributed by atoms with van der Waals surface area (Å²) >= 11 is 1.27. The first-order chi connectivity index (χ1) is 16.5. The van der Waals surface area contributed by atoms with Crippen molar-refractivity contribution in [1.82, 2.24) is 4.98 Å². The lowest BCUT2D eigenvalue weighted by Gasteiger charge is -2.61. The van der Waals surface area contributed by atoms with Gasteiger partial charge in [-0.2, -0.15) is 0 Å². The number of pyridine rings is 1. The summed E-state index contributed by atoms with van der Waals surface area (Å²) in [6.45, 7) is 12.4. The molecule has 1 heterocycles. The Morgan fingerprint density at radius 2 is 2.09 bits per heavy atom. The van der Waals surface area contributed by atoms with Crippen molar-refractivity contribution in [2.45, 2.75) is 83.6 Å². The van der Waals surface area contributed by atoms with Crippen molar-refractivity contribution in [2.75, 3.05) is 5.75 Å². The van der Waals surface area contributed by atoms with Gasteiger partial charge in [-0.15, -0.1) is 6.58 Å². The fraction of sp³-hybridized carbons (Fsp3) is 0.679. The lowest BCUT2D eigenvalue weighted by Crippen LogP contribution is -2.63. The summed E-state index contributed by atoms with van der Waals surface area (Å²) < 4.78 is 6.25. The maximum atomic E-state index is 13.4. The van der Waals surface area contributed by atoms with Crippen molar-refractivity contribution < 1.29 is 24.5 Å². The number of esters is 1. The molecule has 2 bridgehead atoms. The molecule has 8 atom stereocenters. The fourth-order valence-corrected chi connectivity index (χ4v) is 8.16. The van der Waals surface area contributed by atoms with Crippen LogP contribution in [0.1, 0.15) is 65.4 Å². The molecule has 35 heavy (non-hydrogen) atoms. The smallest absolute Gasteiger partial charge is 0.316 e. The number of aliphatic hydroxyl groups is 2. The van der Waals surface area contributed by atoms with Crippen LogP contribution < -0.4 is 0 Å². The number of rotatable bonds is 6. The van der Waals surface area contributed by atoms with Crippen LogP contribution in [0.25, 0.3) is 0 Å². The molecule has 192 valence electrons. The Morgan fingerprint density at radius 3 is 2.77 bits per heavy atom. The monoisotopic (exact) mass is 501 g/mol. The molecular weight excluding hydrogens is 462 g/mol. The van der Waals surface area contributed by atoms with E-state index in [0.717, 1.165) is 24.8 Å². The van der Waals surface area contributed by atoms with Gasteiger partial charge >= 0.3 is 5.97 Å². The zero-order chi connectivity index (χ0) is 25.6. The van der Waals surface area contributed by atoms with Crippen LogP contribution in [0.2, 0.25) is 0 Å². The number of carbonyl (C=O) groups is 2. The summed E-state index contributed by atoms with van der Waals surface area (Å²) in [4.78, 5) is 30.9. The van der Waals surface area contributed by atoms with Crippen LogP contribution in [0.3, 0.4) is 0 Å². The second-order valence-electron chi connectivity index (χ2n) is 11.5. The molecule has 1 unspecified atom stereocenters. The predicted octanol–water partition coefficient (Wildman–Crippen LogP) is 4.57. The van der Waals surface area contributed by atoms with Crippen molar-refractivity contribution in [3.8, 4) is 0 Å². The molecular formula is C28H39NO5S. The van der Waals surface area contributed by atoms with E-state index in [1.165, 1.54) is 11.8 Å². The number of ether oxygens (including phenoxy) is 1. The van der Waals surface area contributed by atoms with Gasteiger partial charge in [0.25, 0.3) is 0 Å². The van der Waals surface area contributed by atoms with Crippen LogP contribution in [0.5, 0.6) is 0 Å². The Balaban J connectivity index is 1.66. The highest BCUT2D eigenvalue weighted by atomic mass is 32.2. The van der Waals surface area contributed by atoms with E-state index in [9.17, 15) is 19.8 Å².